The van der Waals surface area contributed by atoms with Crippen molar-refractivity contribution in [3.05, 3.63) is 133 Å². The van der Waals surface area contributed by atoms with Crippen LogP contribution in [0.5, 0.6) is 0 Å². The third-order valence-electron chi connectivity index (χ3n) is 5.81. The number of benzene rings is 5. The standard InChI is InChI=1S/C10H7.3C6H5.Pb/c1-2-6-10-8-4-3-7-9(10)5-1;3*1-2-4-6-5-3-1;/h1-7H;3*1-5H;. The number of hydrogen-bond donors (Lipinski definition) is 0. The van der Waals surface area contributed by atoms with Gasteiger partial charge in [0, 0.05) is 0 Å². The van der Waals surface area contributed by atoms with Gasteiger partial charge in [-0.1, -0.05) is 0 Å². The van der Waals surface area contributed by atoms with Gasteiger partial charge in [-0.3, -0.25) is 0 Å². The molecule has 0 fully saturated rings. The van der Waals surface area contributed by atoms with Gasteiger partial charge in [0.15, 0.2) is 0 Å². The fourth-order valence-electron chi connectivity index (χ4n) is 4.58. The van der Waals surface area contributed by atoms with Gasteiger partial charge in [0.25, 0.3) is 0 Å². The Kier molecular flexibility index (Phi) is 5.03. The van der Waals surface area contributed by atoms with E-state index in [0.717, 1.165) is 0 Å². The van der Waals surface area contributed by atoms with E-state index in [2.05, 4.69) is 133 Å². The van der Waals surface area contributed by atoms with Crippen LogP contribution in [0.15, 0.2) is 133 Å². The first-order valence-corrected chi connectivity index (χ1v) is 17.8. The van der Waals surface area contributed by atoms with Crippen LogP contribution in [0.2, 0.25) is 0 Å². The second kappa shape index (κ2) is 7.96. The molecule has 0 aliphatic carbocycles. The molecule has 0 aliphatic rings. The van der Waals surface area contributed by atoms with E-state index < -0.39 is 21.2 Å². The maximum absolute atomic E-state index is 3.70. The zero-order valence-corrected chi connectivity index (χ0v) is 20.1. The fourth-order valence-corrected chi connectivity index (χ4v) is 24.0. The third kappa shape index (κ3) is 3.12. The Bertz CT molecular complexity index is 1130. The summed E-state index contributed by atoms with van der Waals surface area (Å²) in [5.41, 5.74) is 0. The molecule has 5 rings (SSSR count). The molecule has 0 aromatic heterocycles. The predicted molar refractivity (Wildman–Crippen MR) is 128 cm³/mol. The van der Waals surface area contributed by atoms with Crippen molar-refractivity contribution in [2.24, 2.45) is 0 Å². The van der Waals surface area contributed by atoms with Crippen LogP contribution in [-0.2, 0) is 0 Å². The van der Waals surface area contributed by atoms with Crippen molar-refractivity contribution in [2.75, 3.05) is 0 Å². The Morgan fingerprint density at radius 1 is 0.345 bits per heavy atom. The fraction of sp³-hybridized carbons (Fsp3) is 0. The first-order valence-electron chi connectivity index (χ1n) is 10.1. The molecule has 0 amide bonds. The Morgan fingerprint density at radius 3 is 1.28 bits per heavy atom. The number of fused-ring (bicyclic) bond motifs is 1. The van der Waals surface area contributed by atoms with Crippen molar-refractivity contribution >= 4 is 44.4 Å². The summed E-state index contributed by atoms with van der Waals surface area (Å²) in [6.45, 7) is 0. The van der Waals surface area contributed by atoms with Crippen LogP contribution in [0.1, 0.15) is 0 Å². The van der Waals surface area contributed by atoms with E-state index in [9.17, 15) is 0 Å². The first kappa shape index (κ1) is 18.3. The van der Waals surface area contributed by atoms with Crippen LogP contribution in [0.25, 0.3) is 10.8 Å². The van der Waals surface area contributed by atoms with Crippen molar-refractivity contribution in [3.63, 3.8) is 0 Å². The molecule has 0 aliphatic heterocycles. The molecule has 0 saturated heterocycles. The second-order valence-corrected chi connectivity index (χ2v) is 22.0. The van der Waals surface area contributed by atoms with Crippen LogP contribution >= 0.6 is 0 Å². The maximum atomic E-state index is 2.39. The van der Waals surface area contributed by atoms with Gasteiger partial charge < -0.3 is 0 Å². The van der Waals surface area contributed by atoms with Crippen molar-refractivity contribution in [2.45, 2.75) is 0 Å². The van der Waals surface area contributed by atoms with E-state index in [1.165, 1.54) is 23.3 Å². The quantitative estimate of drug-likeness (QED) is 0.287. The summed E-state index contributed by atoms with van der Waals surface area (Å²) in [5.74, 6) is 0. The van der Waals surface area contributed by atoms with E-state index in [-0.39, 0.29) is 0 Å². The van der Waals surface area contributed by atoms with Crippen LogP contribution in [-0.4, -0.2) is 21.2 Å². The molecule has 138 valence electrons. The second-order valence-electron chi connectivity index (χ2n) is 7.37. The summed E-state index contributed by atoms with van der Waals surface area (Å²) in [4.78, 5) is 0. The van der Waals surface area contributed by atoms with Gasteiger partial charge in [-0.05, 0) is 0 Å². The molecule has 5 aromatic carbocycles. The van der Waals surface area contributed by atoms with Gasteiger partial charge in [-0.15, -0.1) is 0 Å². The van der Waals surface area contributed by atoms with Gasteiger partial charge in [-0.2, -0.15) is 0 Å². The molecule has 0 atom stereocenters. The Morgan fingerprint density at radius 2 is 0.759 bits per heavy atom. The Hall–Kier alpha value is -2.72. The predicted octanol–water partition coefficient (Wildman–Crippen LogP) is 4.22. The molecule has 0 N–H and O–H groups in total. The van der Waals surface area contributed by atoms with E-state index in [4.69, 9.17) is 0 Å². The molecule has 0 bridgehead atoms. The molecule has 0 radical (unpaired) electrons. The van der Waals surface area contributed by atoms with E-state index in [1.807, 2.05) is 0 Å². The molecule has 0 spiro atoms. The van der Waals surface area contributed by atoms with E-state index in [0.29, 0.717) is 0 Å². The summed E-state index contributed by atoms with van der Waals surface area (Å²) in [6.07, 6.45) is 0. The molecule has 5 aromatic rings. The Balaban J connectivity index is 1.99. The molecule has 1 heteroatoms. The summed E-state index contributed by atoms with van der Waals surface area (Å²) in [5, 5.41) is 2.70. The summed E-state index contributed by atoms with van der Waals surface area (Å²) < 4.78 is 6.01. The van der Waals surface area contributed by atoms with Crippen molar-refractivity contribution in [1.29, 1.82) is 0 Å². The normalized spacial score (nSPS) is 11.4. The van der Waals surface area contributed by atoms with E-state index >= 15 is 0 Å². The average molecular weight is 566 g/mol. The zero-order chi connectivity index (χ0) is 19.5. The Labute approximate surface area is 177 Å². The van der Waals surface area contributed by atoms with Gasteiger partial charge in [0.05, 0.1) is 0 Å². The van der Waals surface area contributed by atoms with Gasteiger partial charge >= 0.3 is 178 Å². The minimum atomic E-state index is -3.70. The number of hydrogen-bond acceptors (Lipinski definition) is 0. The summed E-state index contributed by atoms with van der Waals surface area (Å²) in [7, 11) is 0. The van der Waals surface area contributed by atoms with Crippen molar-refractivity contribution in [3.8, 4) is 0 Å². The van der Waals surface area contributed by atoms with Crippen molar-refractivity contribution < 1.29 is 0 Å². The van der Waals surface area contributed by atoms with Crippen LogP contribution in [0.4, 0.5) is 0 Å². The van der Waals surface area contributed by atoms with Gasteiger partial charge in [0.1, 0.15) is 0 Å². The summed E-state index contributed by atoms with van der Waals surface area (Å²) in [6, 6.07) is 49.4. The van der Waals surface area contributed by atoms with Crippen LogP contribution in [0, 0.1) is 0 Å². The van der Waals surface area contributed by atoms with E-state index in [1.54, 1.807) is 0 Å². The third-order valence-corrected chi connectivity index (χ3v) is 24.6. The first-order chi connectivity index (χ1) is 14.4. The SMILES string of the molecule is c1cc[c]([Pb]([c]2ccccc2)([c]2ccccc2)[c]2cccc3ccccc23)cc1. The zero-order valence-electron chi connectivity index (χ0n) is 16.2. The molecule has 0 saturated carbocycles. The summed E-state index contributed by atoms with van der Waals surface area (Å²) >= 11 is -3.70. The topological polar surface area (TPSA) is 0 Å². The molecular weight excluding hydrogens is 544 g/mol. The molecular formula is C28H22Pb. The van der Waals surface area contributed by atoms with Gasteiger partial charge in [0.2, 0.25) is 0 Å². The molecule has 29 heavy (non-hydrogen) atoms. The molecule has 0 nitrogen and oxygen atoms in total. The monoisotopic (exact) mass is 566 g/mol. The molecule has 0 heterocycles. The van der Waals surface area contributed by atoms with Crippen LogP contribution in [0.3, 0.4) is 0 Å². The minimum absolute atomic E-state index is 1.32. The van der Waals surface area contributed by atoms with Gasteiger partial charge in [-0.25, -0.2) is 0 Å². The molecule has 0 unspecified atom stereocenters. The number of rotatable bonds is 4. The average Bonchev–Trinajstić information content (AvgIpc) is 2.82. The van der Waals surface area contributed by atoms with Crippen LogP contribution < -0.4 is 12.5 Å². The van der Waals surface area contributed by atoms with Crippen molar-refractivity contribution in [1.82, 2.24) is 0 Å².